The van der Waals surface area contributed by atoms with Crippen LogP contribution >= 0.6 is 0 Å². The molecule has 3 rings (SSSR count). The summed E-state index contributed by atoms with van der Waals surface area (Å²) in [5.74, 6) is -0.178. The van der Waals surface area contributed by atoms with E-state index in [9.17, 15) is 4.39 Å². The van der Waals surface area contributed by atoms with E-state index in [1.807, 2.05) is 12.1 Å². The third-order valence-electron chi connectivity index (χ3n) is 4.78. The number of rotatable bonds is 2. The third-order valence-corrected chi connectivity index (χ3v) is 4.78. The van der Waals surface area contributed by atoms with E-state index in [0.29, 0.717) is 17.6 Å². The van der Waals surface area contributed by atoms with Gasteiger partial charge in [0.2, 0.25) is 0 Å². The van der Waals surface area contributed by atoms with Crippen molar-refractivity contribution in [2.45, 2.75) is 44.8 Å². The first-order valence-electron chi connectivity index (χ1n) is 7.68. The lowest BCUT2D eigenvalue weighted by molar-refractivity contribution is 0.115. The molecule has 2 N–H and O–H groups in total. The van der Waals surface area contributed by atoms with E-state index in [1.165, 1.54) is 25.8 Å². The van der Waals surface area contributed by atoms with Gasteiger partial charge in [-0.3, -0.25) is 4.90 Å². The Morgan fingerprint density at radius 3 is 2.90 bits per heavy atom. The van der Waals surface area contributed by atoms with Gasteiger partial charge in [0.15, 0.2) is 0 Å². The molecular weight excluding hydrogens is 253 g/mol. The molecule has 0 radical (unpaired) electrons. The number of anilines is 1. The highest BCUT2D eigenvalue weighted by atomic mass is 19.1. The maximum absolute atomic E-state index is 13.9. The van der Waals surface area contributed by atoms with Crippen LogP contribution in [0, 0.1) is 5.82 Å². The van der Waals surface area contributed by atoms with Crippen molar-refractivity contribution in [1.82, 2.24) is 4.90 Å². The van der Waals surface area contributed by atoms with Crippen LogP contribution in [0.5, 0.6) is 0 Å². The minimum absolute atomic E-state index is 0.178. The molecule has 1 aromatic carbocycles. The fourth-order valence-electron chi connectivity index (χ4n) is 3.59. The predicted molar refractivity (Wildman–Crippen MR) is 80.3 cm³/mol. The van der Waals surface area contributed by atoms with Gasteiger partial charge in [-0.1, -0.05) is 12.5 Å². The van der Waals surface area contributed by atoms with Gasteiger partial charge in [0.1, 0.15) is 5.82 Å². The van der Waals surface area contributed by atoms with Crippen molar-refractivity contribution in [2.75, 3.05) is 24.5 Å². The zero-order valence-corrected chi connectivity index (χ0v) is 12.2. The molecule has 2 saturated heterocycles. The molecular formula is C16H24FN3. The zero-order chi connectivity index (χ0) is 14.1. The first-order chi connectivity index (χ1) is 9.69. The molecule has 0 spiro atoms. The molecule has 0 bridgehead atoms. The molecule has 20 heavy (non-hydrogen) atoms. The molecule has 0 aromatic heterocycles. The fraction of sp³-hybridized carbons (Fsp3) is 0.625. The van der Waals surface area contributed by atoms with Crippen molar-refractivity contribution in [3.63, 3.8) is 0 Å². The van der Waals surface area contributed by atoms with Crippen LogP contribution in [0.3, 0.4) is 0 Å². The Morgan fingerprint density at radius 2 is 2.15 bits per heavy atom. The summed E-state index contributed by atoms with van der Waals surface area (Å²) < 4.78 is 13.9. The molecule has 2 unspecified atom stereocenters. The second-order valence-corrected chi connectivity index (χ2v) is 6.13. The SMILES string of the molecule is CC1CN2CCCCC2CN1c1ccc(CN)c(F)c1. The van der Waals surface area contributed by atoms with Crippen LogP contribution in [0.15, 0.2) is 18.2 Å². The minimum atomic E-state index is -0.178. The van der Waals surface area contributed by atoms with Crippen LogP contribution in [0.4, 0.5) is 10.1 Å². The van der Waals surface area contributed by atoms with E-state index >= 15 is 0 Å². The Balaban J connectivity index is 1.80. The Labute approximate surface area is 120 Å². The minimum Gasteiger partial charge on any atom is -0.366 e. The molecule has 110 valence electrons. The van der Waals surface area contributed by atoms with Crippen molar-refractivity contribution in [1.29, 1.82) is 0 Å². The lowest BCUT2D eigenvalue weighted by Gasteiger charge is -2.48. The highest BCUT2D eigenvalue weighted by Gasteiger charge is 2.33. The molecule has 2 aliphatic rings. The van der Waals surface area contributed by atoms with E-state index in [0.717, 1.165) is 18.8 Å². The topological polar surface area (TPSA) is 32.5 Å². The van der Waals surface area contributed by atoms with Crippen LogP contribution in [-0.2, 0) is 6.54 Å². The second-order valence-electron chi connectivity index (χ2n) is 6.13. The molecule has 4 heteroatoms. The first kappa shape index (κ1) is 13.8. The summed E-state index contributed by atoms with van der Waals surface area (Å²) in [6.45, 7) is 5.83. The Kier molecular flexibility index (Phi) is 3.94. The molecule has 3 nitrogen and oxygen atoms in total. The van der Waals surface area contributed by atoms with Crippen LogP contribution < -0.4 is 10.6 Å². The maximum atomic E-state index is 13.9. The number of nitrogens with zero attached hydrogens (tertiary/aromatic N) is 2. The number of hydrogen-bond acceptors (Lipinski definition) is 3. The number of fused-ring (bicyclic) bond motifs is 1. The largest absolute Gasteiger partial charge is 0.366 e. The first-order valence-corrected chi connectivity index (χ1v) is 7.68. The molecule has 2 fully saturated rings. The van der Waals surface area contributed by atoms with Gasteiger partial charge in [-0.05, 0) is 38.4 Å². The van der Waals surface area contributed by atoms with Gasteiger partial charge in [0.05, 0.1) is 0 Å². The van der Waals surface area contributed by atoms with E-state index < -0.39 is 0 Å². The monoisotopic (exact) mass is 277 g/mol. The summed E-state index contributed by atoms with van der Waals surface area (Å²) in [5.41, 5.74) is 7.13. The zero-order valence-electron chi connectivity index (χ0n) is 12.2. The highest BCUT2D eigenvalue weighted by Crippen LogP contribution is 2.29. The van der Waals surface area contributed by atoms with Gasteiger partial charge >= 0.3 is 0 Å². The summed E-state index contributed by atoms with van der Waals surface area (Å²) in [6, 6.07) is 6.56. The Morgan fingerprint density at radius 1 is 1.30 bits per heavy atom. The van der Waals surface area contributed by atoms with Gasteiger partial charge in [-0.2, -0.15) is 0 Å². The van der Waals surface area contributed by atoms with Crippen molar-refractivity contribution < 1.29 is 4.39 Å². The number of hydrogen-bond donors (Lipinski definition) is 1. The lowest BCUT2D eigenvalue weighted by atomic mass is 9.96. The van der Waals surface area contributed by atoms with Crippen molar-refractivity contribution in [2.24, 2.45) is 5.73 Å². The van der Waals surface area contributed by atoms with E-state index in [1.54, 1.807) is 6.07 Å². The number of nitrogens with two attached hydrogens (primary N) is 1. The summed E-state index contributed by atoms with van der Waals surface area (Å²) >= 11 is 0. The lowest BCUT2D eigenvalue weighted by Crippen LogP contribution is -2.58. The molecule has 0 aliphatic carbocycles. The predicted octanol–water partition coefficient (Wildman–Crippen LogP) is 2.35. The quantitative estimate of drug-likeness (QED) is 0.900. The number of piperidine rings is 1. The van der Waals surface area contributed by atoms with Crippen LogP contribution in [0.25, 0.3) is 0 Å². The molecule has 0 saturated carbocycles. The molecule has 2 aliphatic heterocycles. The second kappa shape index (κ2) is 5.70. The van der Waals surface area contributed by atoms with Gasteiger partial charge in [0.25, 0.3) is 0 Å². The number of benzene rings is 1. The normalized spacial score (nSPS) is 27.4. The number of halogens is 1. The van der Waals surface area contributed by atoms with Crippen molar-refractivity contribution >= 4 is 5.69 Å². The van der Waals surface area contributed by atoms with Crippen LogP contribution in [0.1, 0.15) is 31.7 Å². The smallest absolute Gasteiger partial charge is 0.129 e. The molecule has 0 amide bonds. The standard InChI is InChI=1S/C16H24FN3/c1-12-10-19-7-3-2-4-15(19)11-20(12)14-6-5-13(9-18)16(17)8-14/h5-6,8,12,15H,2-4,7,9-11,18H2,1H3. The van der Waals surface area contributed by atoms with Crippen LogP contribution in [0.2, 0.25) is 0 Å². The van der Waals surface area contributed by atoms with E-state index in [4.69, 9.17) is 5.73 Å². The molecule has 1 aromatic rings. The third kappa shape index (κ3) is 2.54. The van der Waals surface area contributed by atoms with E-state index in [-0.39, 0.29) is 12.4 Å². The van der Waals surface area contributed by atoms with Gasteiger partial charge in [-0.15, -0.1) is 0 Å². The van der Waals surface area contributed by atoms with Crippen molar-refractivity contribution in [3.8, 4) is 0 Å². The number of piperazine rings is 1. The molecule has 2 atom stereocenters. The highest BCUT2D eigenvalue weighted by molar-refractivity contribution is 5.50. The summed E-state index contributed by atoms with van der Waals surface area (Å²) in [4.78, 5) is 4.96. The molecule has 2 heterocycles. The maximum Gasteiger partial charge on any atom is 0.129 e. The van der Waals surface area contributed by atoms with Crippen molar-refractivity contribution in [3.05, 3.63) is 29.6 Å². The fourth-order valence-corrected chi connectivity index (χ4v) is 3.59. The Bertz CT molecular complexity index is 477. The van der Waals surface area contributed by atoms with E-state index in [2.05, 4.69) is 16.7 Å². The van der Waals surface area contributed by atoms with Gasteiger partial charge in [0, 0.05) is 43.0 Å². The summed E-state index contributed by atoms with van der Waals surface area (Å²) in [6.07, 6.45) is 3.92. The summed E-state index contributed by atoms with van der Waals surface area (Å²) in [7, 11) is 0. The van der Waals surface area contributed by atoms with Gasteiger partial charge < -0.3 is 10.6 Å². The van der Waals surface area contributed by atoms with Crippen LogP contribution in [-0.4, -0.2) is 36.6 Å². The average molecular weight is 277 g/mol. The summed E-state index contributed by atoms with van der Waals surface area (Å²) in [5, 5.41) is 0. The average Bonchev–Trinajstić information content (AvgIpc) is 2.46. The van der Waals surface area contributed by atoms with Gasteiger partial charge in [-0.25, -0.2) is 4.39 Å². The Hall–Kier alpha value is -1.13.